The summed E-state index contributed by atoms with van der Waals surface area (Å²) >= 11 is 0. The van der Waals surface area contributed by atoms with Crippen LogP contribution in [-0.2, 0) is 5.41 Å². The molecule has 1 fully saturated rings. The van der Waals surface area contributed by atoms with Gasteiger partial charge in [-0.1, -0.05) is 45.0 Å². The van der Waals surface area contributed by atoms with Crippen molar-refractivity contribution >= 4 is 11.8 Å². The number of benzene rings is 2. The SMILES string of the molecule is COc1ccc(C(=O)[C@@H]2[C@@H](c3ccc(C(C)(C)C)cc3)NC(=O)N[C@@]2(O)C(F)(F)F)cc1. The molecule has 6 nitrogen and oxygen atoms in total. The maximum absolute atomic E-state index is 14.0. The molecule has 0 aliphatic carbocycles. The molecule has 0 radical (unpaired) electrons. The van der Waals surface area contributed by atoms with E-state index in [2.05, 4.69) is 5.32 Å². The fourth-order valence-electron chi connectivity index (χ4n) is 3.74. The van der Waals surface area contributed by atoms with Crippen LogP contribution in [0, 0.1) is 5.92 Å². The van der Waals surface area contributed by atoms with Crippen LogP contribution in [0.5, 0.6) is 5.75 Å². The number of methoxy groups -OCH3 is 1. The molecule has 1 saturated heterocycles. The van der Waals surface area contributed by atoms with Crippen LogP contribution in [0.25, 0.3) is 0 Å². The predicted molar refractivity (Wildman–Crippen MR) is 111 cm³/mol. The third kappa shape index (κ3) is 4.29. The molecule has 9 heteroatoms. The number of aliphatic hydroxyl groups is 1. The molecule has 3 atom stereocenters. The van der Waals surface area contributed by atoms with Crippen molar-refractivity contribution in [1.82, 2.24) is 10.6 Å². The summed E-state index contributed by atoms with van der Waals surface area (Å²) in [6.45, 7) is 5.94. The molecule has 1 aliphatic rings. The van der Waals surface area contributed by atoms with Crippen LogP contribution in [0.4, 0.5) is 18.0 Å². The largest absolute Gasteiger partial charge is 0.497 e. The van der Waals surface area contributed by atoms with E-state index in [-0.39, 0.29) is 16.5 Å². The fraction of sp³-hybridized carbons (Fsp3) is 0.391. The van der Waals surface area contributed by atoms with E-state index in [1.165, 1.54) is 36.7 Å². The Kier molecular flexibility index (Phi) is 5.99. The summed E-state index contributed by atoms with van der Waals surface area (Å²) in [6, 6.07) is 9.42. The summed E-state index contributed by atoms with van der Waals surface area (Å²) in [5.74, 6) is -2.64. The zero-order valence-corrected chi connectivity index (χ0v) is 18.1. The third-order valence-electron chi connectivity index (χ3n) is 5.60. The standard InChI is InChI=1S/C23H25F3N2O4/c1-21(2,3)15-9-5-13(6-10-15)18-17(19(29)14-7-11-16(32-4)12-8-14)22(31,23(24,25)26)28-20(30)27-18/h5-12,17-18,31H,1-4H3,(H2,27,28,30)/t17-,18+,22-/m0/s1. The molecule has 0 aromatic heterocycles. The molecule has 0 spiro atoms. The Bertz CT molecular complexity index is 998. The molecule has 3 rings (SSSR count). The molecule has 32 heavy (non-hydrogen) atoms. The zero-order chi connectivity index (χ0) is 23.9. The van der Waals surface area contributed by atoms with Crippen molar-refractivity contribution in [2.45, 2.75) is 44.1 Å². The van der Waals surface area contributed by atoms with Gasteiger partial charge in [-0.05, 0) is 40.8 Å². The van der Waals surface area contributed by atoms with E-state index in [1.54, 1.807) is 24.3 Å². The molecule has 1 aliphatic heterocycles. The van der Waals surface area contributed by atoms with Crippen LogP contribution < -0.4 is 15.4 Å². The number of hydrogen-bond donors (Lipinski definition) is 3. The van der Waals surface area contributed by atoms with E-state index in [0.717, 1.165) is 5.56 Å². The number of ether oxygens (including phenoxy) is 1. The lowest BCUT2D eigenvalue weighted by molar-refractivity contribution is -0.287. The quantitative estimate of drug-likeness (QED) is 0.612. The number of hydrogen-bond acceptors (Lipinski definition) is 4. The van der Waals surface area contributed by atoms with Crippen LogP contribution in [0.3, 0.4) is 0 Å². The second-order valence-electron chi connectivity index (χ2n) is 8.78. The highest BCUT2D eigenvalue weighted by Crippen LogP contribution is 2.44. The molecule has 172 valence electrons. The summed E-state index contributed by atoms with van der Waals surface area (Å²) in [7, 11) is 1.41. The van der Waals surface area contributed by atoms with Gasteiger partial charge in [-0.2, -0.15) is 13.2 Å². The number of carbonyl (C=O) groups is 2. The maximum atomic E-state index is 14.0. The molecule has 2 aromatic carbocycles. The lowest BCUT2D eigenvalue weighted by Crippen LogP contribution is -2.72. The van der Waals surface area contributed by atoms with Crippen LogP contribution in [0.15, 0.2) is 48.5 Å². The number of ketones is 1. The van der Waals surface area contributed by atoms with E-state index >= 15 is 0 Å². The summed E-state index contributed by atoms with van der Waals surface area (Å²) in [5.41, 5.74) is -2.85. The highest BCUT2D eigenvalue weighted by atomic mass is 19.4. The van der Waals surface area contributed by atoms with Gasteiger partial charge < -0.3 is 20.5 Å². The van der Waals surface area contributed by atoms with Crippen LogP contribution in [0.1, 0.15) is 48.3 Å². The first-order chi connectivity index (χ1) is 14.8. The maximum Gasteiger partial charge on any atom is 0.437 e. The Balaban J connectivity index is 2.12. The molecular formula is C23H25F3N2O4. The van der Waals surface area contributed by atoms with Crippen molar-refractivity contribution in [2.75, 3.05) is 7.11 Å². The van der Waals surface area contributed by atoms with Crippen molar-refractivity contribution < 1.29 is 32.6 Å². The second kappa shape index (κ2) is 8.12. The van der Waals surface area contributed by atoms with E-state index in [9.17, 15) is 27.9 Å². The highest BCUT2D eigenvalue weighted by Gasteiger charge is 2.66. The molecular weight excluding hydrogens is 425 g/mol. The Morgan fingerprint density at radius 1 is 1.03 bits per heavy atom. The first kappa shape index (κ1) is 23.6. The number of nitrogens with one attached hydrogen (secondary N) is 2. The minimum atomic E-state index is -5.30. The number of urea groups is 1. The van der Waals surface area contributed by atoms with Gasteiger partial charge in [-0.15, -0.1) is 0 Å². The number of carbonyl (C=O) groups excluding carboxylic acids is 2. The van der Waals surface area contributed by atoms with Gasteiger partial charge in [0.25, 0.3) is 0 Å². The van der Waals surface area contributed by atoms with Gasteiger partial charge in [0.15, 0.2) is 5.78 Å². The number of amides is 2. The van der Waals surface area contributed by atoms with Crippen LogP contribution in [0.2, 0.25) is 0 Å². The van der Waals surface area contributed by atoms with Crippen molar-refractivity contribution in [3.8, 4) is 5.75 Å². The molecule has 0 bridgehead atoms. The lowest BCUT2D eigenvalue weighted by atomic mass is 9.76. The van der Waals surface area contributed by atoms with Gasteiger partial charge >= 0.3 is 12.2 Å². The van der Waals surface area contributed by atoms with Gasteiger partial charge in [-0.3, -0.25) is 4.79 Å². The minimum Gasteiger partial charge on any atom is -0.497 e. The van der Waals surface area contributed by atoms with Crippen molar-refractivity contribution in [3.05, 3.63) is 65.2 Å². The average Bonchev–Trinajstić information content (AvgIpc) is 2.71. The molecule has 3 N–H and O–H groups in total. The van der Waals surface area contributed by atoms with Gasteiger partial charge in [0, 0.05) is 5.56 Å². The monoisotopic (exact) mass is 450 g/mol. The van der Waals surface area contributed by atoms with E-state index in [0.29, 0.717) is 5.75 Å². The first-order valence-corrected chi connectivity index (χ1v) is 9.94. The molecule has 0 unspecified atom stereocenters. The number of rotatable bonds is 4. The van der Waals surface area contributed by atoms with Crippen molar-refractivity contribution in [2.24, 2.45) is 5.92 Å². The normalized spacial score (nSPS) is 23.8. The van der Waals surface area contributed by atoms with Crippen molar-refractivity contribution in [1.29, 1.82) is 0 Å². The average molecular weight is 450 g/mol. The first-order valence-electron chi connectivity index (χ1n) is 9.94. The van der Waals surface area contributed by atoms with Gasteiger partial charge in [0.05, 0.1) is 13.2 Å². The third-order valence-corrected chi connectivity index (χ3v) is 5.60. The second-order valence-corrected chi connectivity index (χ2v) is 8.78. The highest BCUT2D eigenvalue weighted by molar-refractivity contribution is 6.00. The number of halogens is 3. The Morgan fingerprint density at radius 2 is 1.59 bits per heavy atom. The smallest absolute Gasteiger partial charge is 0.437 e. The summed E-state index contributed by atoms with van der Waals surface area (Å²) in [5, 5.41) is 14.6. The molecule has 0 saturated carbocycles. The molecule has 1 heterocycles. The lowest BCUT2D eigenvalue weighted by Gasteiger charge is -2.45. The summed E-state index contributed by atoms with van der Waals surface area (Å²) in [6.07, 6.45) is -5.30. The topological polar surface area (TPSA) is 87.7 Å². The minimum absolute atomic E-state index is 0.0623. The van der Waals surface area contributed by atoms with Gasteiger partial charge in [0.1, 0.15) is 11.7 Å². The number of alkyl halides is 3. The van der Waals surface area contributed by atoms with E-state index < -0.39 is 35.7 Å². The Labute approximate surface area is 183 Å². The van der Waals surface area contributed by atoms with Gasteiger partial charge in [0.2, 0.25) is 5.72 Å². The van der Waals surface area contributed by atoms with E-state index in [1.807, 2.05) is 20.8 Å². The summed E-state index contributed by atoms with van der Waals surface area (Å²) < 4.78 is 47.0. The number of Topliss-reactive ketones (excluding diaryl/α,β-unsaturated/α-hetero) is 1. The molecule has 2 aromatic rings. The van der Waals surface area contributed by atoms with Gasteiger partial charge in [-0.25, -0.2) is 4.79 Å². The zero-order valence-electron chi connectivity index (χ0n) is 18.1. The van der Waals surface area contributed by atoms with Crippen LogP contribution >= 0.6 is 0 Å². The fourth-order valence-corrected chi connectivity index (χ4v) is 3.74. The van der Waals surface area contributed by atoms with E-state index in [4.69, 9.17) is 4.74 Å². The van der Waals surface area contributed by atoms with Crippen molar-refractivity contribution in [3.63, 3.8) is 0 Å². The Morgan fingerprint density at radius 3 is 2.06 bits per heavy atom. The predicted octanol–water partition coefficient (Wildman–Crippen LogP) is 4.10. The Hall–Kier alpha value is -3.07. The summed E-state index contributed by atoms with van der Waals surface area (Å²) in [4.78, 5) is 25.4. The molecule has 2 amide bonds. The van der Waals surface area contributed by atoms with Crippen LogP contribution in [-0.4, -0.2) is 35.9 Å².